The monoisotopic (exact) mass is 354 g/mol. The first-order valence-corrected chi connectivity index (χ1v) is 10.0. The second kappa shape index (κ2) is 11.7. The van der Waals surface area contributed by atoms with Gasteiger partial charge in [-0.25, -0.2) is 0 Å². The molecule has 0 saturated carbocycles. The standard InChI is InChI=1S/C19H42N6/c1-8-20-19(21-10-9-11-25(16(2)3)17(4)5)22-14-18-15-23(6)12-13-24(18)7/h16-18H,8-15H2,1-7H3,(H2,20,21,22). The van der Waals surface area contributed by atoms with Crippen LogP contribution < -0.4 is 10.6 Å². The summed E-state index contributed by atoms with van der Waals surface area (Å²) in [6.07, 6.45) is 1.13. The molecule has 0 aromatic carbocycles. The van der Waals surface area contributed by atoms with Crippen LogP contribution >= 0.6 is 0 Å². The maximum atomic E-state index is 4.82. The molecular formula is C19H42N6. The van der Waals surface area contributed by atoms with Crippen molar-refractivity contribution in [3.8, 4) is 0 Å². The summed E-state index contributed by atoms with van der Waals surface area (Å²) >= 11 is 0. The van der Waals surface area contributed by atoms with E-state index in [1.807, 2.05) is 0 Å². The molecule has 1 rings (SSSR count). The Morgan fingerprint density at radius 2 is 1.80 bits per heavy atom. The van der Waals surface area contributed by atoms with Crippen LogP contribution in [0.1, 0.15) is 41.0 Å². The Morgan fingerprint density at radius 1 is 1.12 bits per heavy atom. The molecule has 1 atom stereocenters. The van der Waals surface area contributed by atoms with Gasteiger partial charge in [-0.3, -0.25) is 14.8 Å². The van der Waals surface area contributed by atoms with Crippen molar-refractivity contribution >= 4 is 5.96 Å². The molecule has 1 aliphatic rings. The number of likely N-dealkylation sites (N-methyl/N-ethyl adjacent to an activating group) is 2. The van der Waals surface area contributed by atoms with E-state index >= 15 is 0 Å². The third kappa shape index (κ3) is 8.38. The highest BCUT2D eigenvalue weighted by atomic mass is 15.3. The third-order valence-electron chi connectivity index (χ3n) is 5.00. The van der Waals surface area contributed by atoms with Gasteiger partial charge in [0.1, 0.15) is 0 Å². The molecular weight excluding hydrogens is 312 g/mol. The highest BCUT2D eigenvalue weighted by Crippen LogP contribution is 2.06. The van der Waals surface area contributed by atoms with Crippen molar-refractivity contribution in [3.63, 3.8) is 0 Å². The van der Waals surface area contributed by atoms with Crippen molar-refractivity contribution < 1.29 is 0 Å². The van der Waals surface area contributed by atoms with E-state index in [0.29, 0.717) is 18.1 Å². The van der Waals surface area contributed by atoms with Crippen LogP contribution in [-0.4, -0.2) is 98.7 Å². The van der Waals surface area contributed by atoms with Crippen LogP contribution in [0.2, 0.25) is 0 Å². The van der Waals surface area contributed by atoms with Crippen molar-refractivity contribution in [2.45, 2.75) is 59.2 Å². The SMILES string of the molecule is CCNC(=NCC1CN(C)CCN1C)NCCCN(C(C)C)C(C)C. The number of hydrogen-bond donors (Lipinski definition) is 2. The van der Waals surface area contributed by atoms with Gasteiger partial charge in [0, 0.05) is 57.4 Å². The predicted octanol–water partition coefficient (Wildman–Crippen LogP) is 1.30. The van der Waals surface area contributed by atoms with Crippen molar-refractivity contribution in [3.05, 3.63) is 0 Å². The van der Waals surface area contributed by atoms with Crippen LogP contribution in [0.15, 0.2) is 4.99 Å². The Kier molecular flexibility index (Phi) is 10.4. The molecule has 0 spiro atoms. The molecule has 25 heavy (non-hydrogen) atoms. The molecule has 1 saturated heterocycles. The molecule has 2 N–H and O–H groups in total. The Bertz CT molecular complexity index is 374. The zero-order valence-corrected chi connectivity index (χ0v) is 17.7. The van der Waals surface area contributed by atoms with E-state index in [-0.39, 0.29) is 0 Å². The van der Waals surface area contributed by atoms with Gasteiger partial charge >= 0.3 is 0 Å². The molecule has 0 aliphatic carbocycles. The fraction of sp³-hybridized carbons (Fsp3) is 0.947. The Labute approximate surface area is 156 Å². The average Bonchev–Trinajstić information content (AvgIpc) is 2.54. The fourth-order valence-electron chi connectivity index (χ4n) is 3.42. The summed E-state index contributed by atoms with van der Waals surface area (Å²) in [5.41, 5.74) is 0. The molecule has 1 fully saturated rings. The zero-order chi connectivity index (χ0) is 18.8. The fourth-order valence-corrected chi connectivity index (χ4v) is 3.42. The molecule has 0 amide bonds. The Balaban J connectivity index is 2.42. The van der Waals surface area contributed by atoms with E-state index in [0.717, 1.165) is 58.2 Å². The van der Waals surface area contributed by atoms with Gasteiger partial charge in [-0.1, -0.05) is 0 Å². The smallest absolute Gasteiger partial charge is 0.191 e. The highest BCUT2D eigenvalue weighted by Gasteiger charge is 2.21. The quantitative estimate of drug-likeness (QED) is 0.371. The van der Waals surface area contributed by atoms with E-state index in [2.05, 4.69) is 74.0 Å². The Hall–Kier alpha value is -0.850. The molecule has 0 aromatic rings. The van der Waals surface area contributed by atoms with Gasteiger partial charge in [-0.05, 0) is 55.1 Å². The first-order chi connectivity index (χ1) is 11.8. The number of nitrogens with zero attached hydrogens (tertiary/aromatic N) is 4. The van der Waals surface area contributed by atoms with E-state index in [4.69, 9.17) is 4.99 Å². The van der Waals surface area contributed by atoms with Crippen molar-refractivity contribution in [1.82, 2.24) is 25.3 Å². The van der Waals surface area contributed by atoms with Crippen LogP contribution in [0, 0.1) is 0 Å². The van der Waals surface area contributed by atoms with Crippen molar-refractivity contribution in [2.24, 2.45) is 4.99 Å². The lowest BCUT2D eigenvalue weighted by Gasteiger charge is -2.36. The van der Waals surface area contributed by atoms with E-state index in [1.54, 1.807) is 0 Å². The van der Waals surface area contributed by atoms with Crippen LogP contribution in [0.4, 0.5) is 0 Å². The molecule has 1 aliphatic heterocycles. The van der Waals surface area contributed by atoms with E-state index in [1.165, 1.54) is 0 Å². The molecule has 0 bridgehead atoms. The molecule has 0 radical (unpaired) electrons. The molecule has 0 aromatic heterocycles. The maximum absolute atomic E-state index is 4.82. The summed E-state index contributed by atoms with van der Waals surface area (Å²) in [6, 6.07) is 1.70. The second-order valence-corrected chi connectivity index (χ2v) is 7.82. The normalized spacial score (nSPS) is 20.7. The first-order valence-electron chi connectivity index (χ1n) is 10.0. The minimum absolute atomic E-state index is 0.506. The number of guanidine groups is 1. The largest absolute Gasteiger partial charge is 0.357 e. The van der Waals surface area contributed by atoms with E-state index < -0.39 is 0 Å². The van der Waals surface area contributed by atoms with Gasteiger partial charge in [-0.15, -0.1) is 0 Å². The molecule has 1 heterocycles. The number of rotatable bonds is 9. The van der Waals surface area contributed by atoms with Gasteiger partial charge in [0.15, 0.2) is 5.96 Å². The van der Waals surface area contributed by atoms with Gasteiger partial charge in [-0.2, -0.15) is 0 Å². The Morgan fingerprint density at radius 3 is 2.40 bits per heavy atom. The summed E-state index contributed by atoms with van der Waals surface area (Å²) in [7, 11) is 4.41. The summed E-state index contributed by atoms with van der Waals surface area (Å²) in [5.74, 6) is 0.949. The second-order valence-electron chi connectivity index (χ2n) is 7.82. The van der Waals surface area contributed by atoms with Crippen LogP contribution in [-0.2, 0) is 0 Å². The van der Waals surface area contributed by atoms with Gasteiger partial charge in [0.25, 0.3) is 0 Å². The van der Waals surface area contributed by atoms with Crippen molar-refractivity contribution in [2.75, 3.05) is 59.9 Å². The van der Waals surface area contributed by atoms with Gasteiger partial charge < -0.3 is 15.5 Å². The predicted molar refractivity (Wildman–Crippen MR) is 109 cm³/mol. The minimum atomic E-state index is 0.506. The molecule has 6 heteroatoms. The average molecular weight is 355 g/mol. The topological polar surface area (TPSA) is 46.1 Å². The highest BCUT2D eigenvalue weighted by molar-refractivity contribution is 5.79. The van der Waals surface area contributed by atoms with Gasteiger partial charge in [0.2, 0.25) is 0 Å². The third-order valence-corrected chi connectivity index (χ3v) is 5.00. The van der Waals surface area contributed by atoms with Crippen LogP contribution in [0.3, 0.4) is 0 Å². The molecule has 6 nitrogen and oxygen atoms in total. The minimum Gasteiger partial charge on any atom is -0.357 e. The first kappa shape index (κ1) is 22.2. The lowest BCUT2D eigenvalue weighted by molar-refractivity contribution is 0.119. The summed E-state index contributed by atoms with van der Waals surface area (Å²) in [4.78, 5) is 12.2. The zero-order valence-electron chi connectivity index (χ0n) is 17.7. The number of aliphatic imine (C=N–C) groups is 1. The molecule has 1 unspecified atom stereocenters. The maximum Gasteiger partial charge on any atom is 0.191 e. The summed E-state index contributed by atoms with van der Waals surface area (Å²) < 4.78 is 0. The van der Waals surface area contributed by atoms with E-state index in [9.17, 15) is 0 Å². The molecule has 148 valence electrons. The summed E-state index contributed by atoms with van der Waals surface area (Å²) in [5, 5.41) is 6.87. The lowest BCUT2D eigenvalue weighted by Crippen LogP contribution is -2.51. The summed E-state index contributed by atoms with van der Waals surface area (Å²) in [6.45, 7) is 18.4. The number of piperazine rings is 1. The van der Waals surface area contributed by atoms with Crippen LogP contribution in [0.5, 0.6) is 0 Å². The lowest BCUT2D eigenvalue weighted by atomic mass is 10.2. The number of hydrogen-bond acceptors (Lipinski definition) is 4. The number of nitrogens with one attached hydrogen (secondary N) is 2. The van der Waals surface area contributed by atoms with Gasteiger partial charge in [0.05, 0.1) is 6.54 Å². The van der Waals surface area contributed by atoms with Crippen LogP contribution in [0.25, 0.3) is 0 Å². The van der Waals surface area contributed by atoms with Crippen molar-refractivity contribution in [1.29, 1.82) is 0 Å².